The minimum atomic E-state index is -3.31. The summed E-state index contributed by atoms with van der Waals surface area (Å²) in [6.07, 6.45) is 0.567. The fourth-order valence-corrected chi connectivity index (χ4v) is 4.30. The molecule has 2 aromatic rings. The summed E-state index contributed by atoms with van der Waals surface area (Å²) < 4.78 is 25.3. The summed E-state index contributed by atoms with van der Waals surface area (Å²) in [5.74, 6) is -1.50. The van der Waals surface area contributed by atoms with Gasteiger partial charge in [0.1, 0.15) is 0 Å². The van der Waals surface area contributed by atoms with Gasteiger partial charge in [0.25, 0.3) is 0 Å². The highest BCUT2D eigenvalue weighted by Crippen LogP contribution is 2.26. The maximum Gasteiger partial charge on any atom is 0.314 e. The van der Waals surface area contributed by atoms with Crippen molar-refractivity contribution in [3.8, 4) is 0 Å². The number of hydrogen-bond donors (Lipinski definition) is 2. The Labute approximate surface area is 152 Å². The molecule has 0 unspecified atom stereocenters. The van der Waals surface area contributed by atoms with Gasteiger partial charge in [-0.3, -0.25) is 13.9 Å². The first-order valence-corrected chi connectivity index (χ1v) is 9.76. The number of anilines is 3. The van der Waals surface area contributed by atoms with Gasteiger partial charge in [0.15, 0.2) is 0 Å². The van der Waals surface area contributed by atoms with Gasteiger partial charge in [-0.25, -0.2) is 8.42 Å². The number of amides is 2. The van der Waals surface area contributed by atoms with E-state index in [1.165, 1.54) is 4.31 Å². The van der Waals surface area contributed by atoms with E-state index < -0.39 is 21.8 Å². The average Bonchev–Trinajstić information content (AvgIpc) is 2.96. The fourth-order valence-electron chi connectivity index (χ4n) is 2.75. The topological polar surface area (TPSA) is 95.6 Å². The van der Waals surface area contributed by atoms with Crippen LogP contribution in [0, 0.1) is 6.92 Å². The van der Waals surface area contributed by atoms with Gasteiger partial charge in [0, 0.05) is 17.9 Å². The summed E-state index contributed by atoms with van der Waals surface area (Å²) in [4.78, 5) is 24.2. The van der Waals surface area contributed by atoms with E-state index >= 15 is 0 Å². The third kappa shape index (κ3) is 3.85. The number of carbonyl (C=O) groups is 2. The number of sulfonamides is 1. The first-order chi connectivity index (χ1) is 12.4. The molecule has 1 aliphatic rings. The van der Waals surface area contributed by atoms with E-state index in [1.807, 2.05) is 19.1 Å². The highest BCUT2D eigenvalue weighted by atomic mass is 32.2. The zero-order valence-electron chi connectivity index (χ0n) is 14.2. The van der Waals surface area contributed by atoms with Crippen molar-refractivity contribution in [2.45, 2.75) is 13.3 Å². The Morgan fingerprint density at radius 3 is 2.42 bits per heavy atom. The molecular weight excluding hydrogens is 354 g/mol. The summed E-state index contributed by atoms with van der Waals surface area (Å²) in [5, 5.41) is 5.06. The molecule has 3 rings (SSSR count). The van der Waals surface area contributed by atoms with Crippen LogP contribution in [0.2, 0.25) is 0 Å². The second-order valence-corrected chi connectivity index (χ2v) is 8.03. The fraction of sp³-hybridized carbons (Fsp3) is 0.222. The van der Waals surface area contributed by atoms with Crippen LogP contribution in [0.4, 0.5) is 17.1 Å². The van der Waals surface area contributed by atoms with Gasteiger partial charge in [-0.2, -0.15) is 0 Å². The highest BCUT2D eigenvalue weighted by Gasteiger charge is 2.28. The second kappa shape index (κ2) is 7.17. The first kappa shape index (κ1) is 17.9. The van der Waals surface area contributed by atoms with Crippen LogP contribution in [0.5, 0.6) is 0 Å². The molecule has 1 heterocycles. The number of rotatable bonds is 3. The number of benzene rings is 2. The van der Waals surface area contributed by atoms with Crippen LogP contribution < -0.4 is 14.9 Å². The minimum absolute atomic E-state index is 0.114. The maximum absolute atomic E-state index is 12.1. The molecule has 1 aliphatic heterocycles. The molecule has 0 radical (unpaired) electrons. The van der Waals surface area contributed by atoms with Crippen molar-refractivity contribution in [2.24, 2.45) is 0 Å². The molecule has 0 bridgehead atoms. The Morgan fingerprint density at radius 2 is 1.73 bits per heavy atom. The molecule has 26 heavy (non-hydrogen) atoms. The Balaban J connectivity index is 1.71. The lowest BCUT2D eigenvalue weighted by Crippen LogP contribution is -2.29. The Morgan fingerprint density at radius 1 is 1.00 bits per heavy atom. The summed E-state index contributed by atoms with van der Waals surface area (Å²) in [6, 6.07) is 13.6. The van der Waals surface area contributed by atoms with E-state index in [1.54, 1.807) is 36.4 Å². The molecular formula is C18H19N3O4S. The third-order valence-corrected chi connectivity index (χ3v) is 5.96. The van der Waals surface area contributed by atoms with Crippen LogP contribution in [0.25, 0.3) is 0 Å². The molecule has 2 N–H and O–H groups in total. The lowest BCUT2D eigenvalue weighted by Gasteiger charge is -2.17. The molecule has 0 saturated carbocycles. The van der Waals surface area contributed by atoms with Crippen LogP contribution >= 0.6 is 0 Å². The normalized spacial score (nSPS) is 15.5. The molecule has 0 atom stereocenters. The third-order valence-electron chi connectivity index (χ3n) is 4.09. The average molecular weight is 373 g/mol. The molecule has 0 spiro atoms. The monoisotopic (exact) mass is 373 g/mol. The second-order valence-electron chi connectivity index (χ2n) is 6.02. The quantitative estimate of drug-likeness (QED) is 0.806. The van der Waals surface area contributed by atoms with Crippen LogP contribution in [-0.4, -0.2) is 32.5 Å². The number of nitrogens with zero attached hydrogens (tertiary/aromatic N) is 1. The van der Waals surface area contributed by atoms with Gasteiger partial charge in [0.2, 0.25) is 10.0 Å². The van der Waals surface area contributed by atoms with Gasteiger partial charge in [-0.1, -0.05) is 24.3 Å². The molecule has 1 fully saturated rings. The predicted molar refractivity (Wildman–Crippen MR) is 101 cm³/mol. The molecule has 8 heteroatoms. The van der Waals surface area contributed by atoms with Gasteiger partial charge in [-0.15, -0.1) is 0 Å². The predicted octanol–water partition coefficient (Wildman–Crippen LogP) is 2.11. The van der Waals surface area contributed by atoms with Crippen molar-refractivity contribution >= 4 is 38.9 Å². The number of hydrogen-bond acceptors (Lipinski definition) is 4. The Bertz CT molecular complexity index is 956. The summed E-state index contributed by atoms with van der Waals surface area (Å²) in [6.45, 7) is 2.24. The zero-order valence-corrected chi connectivity index (χ0v) is 15.0. The van der Waals surface area contributed by atoms with Crippen LogP contribution in [0.3, 0.4) is 0 Å². The standard InChI is InChI=1S/C18H19N3O4S/c1-13-6-2-3-9-16(13)20-18(23)17(22)19-14-7-4-8-15(12-14)21-10-5-11-26(21,24)25/h2-4,6-9,12H,5,10-11H2,1H3,(H,19,22)(H,20,23). The maximum atomic E-state index is 12.1. The van der Waals surface area contributed by atoms with Crippen molar-refractivity contribution in [1.82, 2.24) is 0 Å². The smallest absolute Gasteiger partial charge is 0.314 e. The molecule has 2 aromatic carbocycles. The number of para-hydroxylation sites is 1. The van der Waals surface area contributed by atoms with Crippen molar-refractivity contribution in [1.29, 1.82) is 0 Å². The van der Waals surface area contributed by atoms with Crippen molar-refractivity contribution in [2.75, 3.05) is 27.2 Å². The number of aryl methyl sites for hydroxylation is 1. The SMILES string of the molecule is Cc1ccccc1NC(=O)C(=O)Nc1cccc(N2CCCS2(=O)=O)c1. The van der Waals surface area contributed by atoms with E-state index in [0.29, 0.717) is 30.0 Å². The van der Waals surface area contributed by atoms with E-state index in [9.17, 15) is 18.0 Å². The van der Waals surface area contributed by atoms with Crippen LogP contribution in [0.15, 0.2) is 48.5 Å². The molecule has 0 aliphatic carbocycles. The van der Waals surface area contributed by atoms with Crippen molar-refractivity contribution < 1.29 is 18.0 Å². The van der Waals surface area contributed by atoms with E-state index in [-0.39, 0.29) is 5.75 Å². The van der Waals surface area contributed by atoms with Gasteiger partial charge in [0.05, 0.1) is 11.4 Å². The highest BCUT2D eigenvalue weighted by molar-refractivity contribution is 7.93. The lowest BCUT2D eigenvalue weighted by atomic mass is 10.2. The Kier molecular flexibility index (Phi) is 4.94. The molecule has 136 valence electrons. The van der Waals surface area contributed by atoms with Gasteiger partial charge in [-0.05, 0) is 43.2 Å². The van der Waals surface area contributed by atoms with E-state index in [4.69, 9.17) is 0 Å². The van der Waals surface area contributed by atoms with E-state index in [0.717, 1.165) is 5.56 Å². The zero-order chi connectivity index (χ0) is 18.7. The van der Waals surface area contributed by atoms with Gasteiger partial charge < -0.3 is 10.6 Å². The minimum Gasteiger partial charge on any atom is -0.318 e. The summed E-state index contributed by atoms with van der Waals surface area (Å²) in [5.41, 5.74) is 2.23. The van der Waals surface area contributed by atoms with Crippen molar-refractivity contribution in [3.05, 3.63) is 54.1 Å². The lowest BCUT2D eigenvalue weighted by molar-refractivity contribution is -0.133. The molecule has 2 amide bonds. The number of carbonyl (C=O) groups excluding carboxylic acids is 2. The Hall–Kier alpha value is -2.87. The molecule has 1 saturated heterocycles. The largest absolute Gasteiger partial charge is 0.318 e. The number of nitrogens with one attached hydrogen (secondary N) is 2. The van der Waals surface area contributed by atoms with Crippen LogP contribution in [-0.2, 0) is 19.6 Å². The van der Waals surface area contributed by atoms with Crippen LogP contribution in [0.1, 0.15) is 12.0 Å². The first-order valence-electron chi connectivity index (χ1n) is 8.15. The summed E-state index contributed by atoms with van der Waals surface area (Å²) in [7, 11) is -3.31. The van der Waals surface area contributed by atoms with Gasteiger partial charge >= 0.3 is 11.8 Å². The van der Waals surface area contributed by atoms with Crippen molar-refractivity contribution in [3.63, 3.8) is 0 Å². The summed E-state index contributed by atoms with van der Waals surface area (Å²) >= 11 is 0. The molecule has 0 aromatic heterocycles. The molecule has 7 nitrogen and oxygen atoms in total. The van der Waals surface area contributed by atoms with E-state index in [2.05, 4.69) is 10.6 Å².